The molecule has 1 saturated carbocycles. The van der Waals surface area contributed by atoms with E-state index < -0.39 is 0 Å². The highest BCUT2D eigenvalue weighted by atomic mass is 15.2. The van der Waals surface area contributed by atoms with Gasteiger partial charge in [0, 0.05) is 18.6 Å². The lowest BCUT2D eigenvalue weighted by Gasteiger charge is -2.46. The Kier molecular flexibility index (Phi) is 1.46. The highest BCUT2D eigenvalue weighted by Crippen LogP contribution is 2.32. The van der Waals surface area contributed by atoms with Crippen LogP contribution in [0, 0.1) is 5.92 Å². The molecular formula is C8H16N2. The summed E-state index contributed by atoms with van der Waals surface area (Å²) in [7, 11) is 2.22. The summed E-state index contributed by atoms with van der Waals surface area (Å²) in [5, 5.41) is 0. The van der Waals surface area contributed by atoms with Gasteiger partial charge in [0.1, 0.15) is 0 Å². The van der Waals surface area contributed by atoms with Crippen molar-refractivity contribution in [1.29, 1.82) is 0 Å². The van der Waals surface area contributed by atoms with E-state index in [4.69, 9.17) is 5.73 Å². The van der Waals surface area contributed by atoms with E-state index in [2.05, 4.69) is 11.9 Å². The van der Waals surface area contributed by atoms with Gasteiger partial charge in [0.2, 0.25) is 0 Å². The second-order valence-corrected chi connectivity index (χ2v) is 3.83. The van der Waals surface area contributed by atoms with Crippen molar-refractivity contribution in [2.24, 2.45) is 11.7 Å². The SMILES string of the molecule is CN1C[C@@H]2CC[C@H]1CC2N. The number of nitrogens with zero attached hydrogens (tertiary/aromatic N) is 1. The molecule has 0 aromatic carbocycles. The molecule has 1 aliphatic carbocycles. The summed E-state index contributed by atoms with van der Waals surface area (Å²) in [6.45, 7) is 1.24. The Hall–Kier alpha value is -0.0800. The van der Waals surface area contributed by atoms with Crippen LogP contribution in [-0.2, 0) is 0 Å². The average Bonchev–Trinajstić information content (AvgIpc) is 1.91. The maximum Gasteiger partial charge on any atom is 0.0107 e. The molecule has 0 amide bonds. The van der Waals surface area contributed by atoms with E-state index in [1.165, 1.54) is 25.8 Å². The molecular weight excluding hydrogens is 124 g/mol. The largest absolute Gasteiger partial charge is 0.327 e. The minimum atomic E-state index is 0.509. The molecule has 58 valence electrons. The molecule has 2 nitrogen and oxygen atoms in total. The fourth-order valence-corrected chi connectivity index (χ4v) is 2.39. The summed E-state index contributed by atoms with van der Waals surface area (Å²) in [5.41, 5.74) is 5.96. The quantitative estimate of drug-likeness (QED) is 0.528. The number of rotatable bonds is 0. The first-order valence-corrected chi connectivity index (χ1v) is 4.23. The lowest BCUT2D eigenvalue weighted by molar-refractivity contribution is 0.0556. The third-order valence-corrected chi connectivity index (χ3v) is 3.17. The van der Waals surface area contributed by atoms with Gasteiger partial charge in [-0.3, -0.25) is 0 Å². The normalized spacial score (nSPS) is 48.0. The van der Waals surface area contributed by atoms with E-state index in [-0.39, 0.29) is 0 Å². The number of hydrogen-bond donors (Lipinski definition) is 1. The summed E-state index contributed by atoms with van der Waals surface area (Å²) < 4.78 is 0. The van der Waals surface area contributed by atoms with Gasteiger partial charge < -0.3 is 10.6 Å². The first-order valence-electron chi connectivity index (χ1n) is 4.23. The molecule has 0 aromatic heterocycles. The molecule has 2 heteroatoms. The Morgan fingerprint density at radius 1 is 1.40 bits per heavy atom. The third kappa shape index (κ3) is 0.867. The Morgan fingerprint density at radius 3 is 2.50 bits per heavy atom. The van der Waals surface area contributed by atoms with Crippen molar-refractivity contribution in [2.75, 3.05) is 13.6 Å². The van der Waals surface area contributed by atoms with E-state index in [0.717, 1.165) is 12.0 Å². The lowest BCUT2D eigenvalue weighted by Crippen LogP contribution is -2.55. The number of hydrogen-bond acceptors (Lipinski definition) is 2. The molecule has 10 heavy (non-hydrogen) atoms. The Bertz CT molecular complexity index is 119. The Morgan fingerprint density at radius 2 is 2.20 bits per heavy atom. The van der Waals surface area contributed by atoms with Gasteiger partial charge in [-0.1, -0.05) is 0 Å². The van der Waals surface area contributed by atoms with Crippen molar-refractivity contribution in [1.82, 2.24) is 4.90 Å². The second kappa shape index (κ2) is 2.21. The predicted molar refractivity (Wildman–Crippen MR) is 41.7 cm³/mol. The molecule has 3 aliphatic rings. The van der Waals surface area contributed by atoms with Crippen LogP contribution in [0.15, 0.2) is 0 Å². The van der Waals surface area contributed by atoms with E-state index in [1.54, 1.807) is 0 Å². The first kappa shape index (κ1) is 6.62. The highest BCUT2D eigenvalue weighted by Gasteiger charge is 2.36. The molecule has 3 rings (SSSR count). The van der Waals surface area contributed by atoms with Crippen LogP contribution in [0.5, 0.6) is 0 Å². The van der Waals surface area contributed by atoms with Crippen LogP contribution >= 0.6 is 0 Å². The highest BCUT2D eigenvalue weighted by molar-refractivity contribution is 4.93. The van der Waals surface area contributed by atoms with E-state index >= 15 is 0 Å². The minimum absolute atomic E-state index is 0.509. The maximum atomic E-state index is 5.96. The van der Waals surface area contributed by atoms with Gasteiger partial charge in [-0.05, 0) is 32.2 Å². The van der Waals surface area contributed by atoms with E-state index in [1.807, 2.05) is 0 Å². The van der Waals surface area contributed by atoms with Crippen molar-refractivity contribution in [3.05, 3.63) is 0 Å². The van der Waals surface area contributed by atoms with Gasteiger partial charge in [0.05, 0.1) is 0 Å². The minimum Gasteiger partial charge on any atom is -0.327 e. The van der Waals surface area contributed by atoms with E-state index in [0.29, 0.717) is 6.04 Å². The zero-order valence-corrected chi connectivity index (χ0v) is 6.59. The van der Waals surface area contributed by atoms with Crippen LogP contribution in [0.4, 0.5) is 0 Å². The summed E-state index contributed by atoms with van der Waals surface area (Å²) in [6.07, 6.45) is 3.99. The van der Waals surface area contributed by atoms with Crippen LogP contribution in [0.25, 0.3) is 0 Å². The fourth-order valence-electron chi connectivity index (χ4n) is 2.39. The fraction of sp³-hybridized carbons (Fsp3) is 1.00. The number of fused-ring (bicyclic) bond motifs is 3. The monoisotopic (exact) mass is 140 g/mol. The first-order chi connectivity index (χ1) is 4.77. The second-order valence-electron chi connectivity index (χ2n) is 3.83. The molecule has 2 aliphatic heterocycles. The maximum absolute atomic E-state index is 5.96. The zero-order chi connectivity index (χ0) is 7.14. The van der Waals surface area contributed by atoms with Gasteiger partial charge in [0.15, 0.2) is 0 Å². The van der Waals surface area contributed by atoms with Crippen LogP contribution in [0.1, 0.15) is 19.3 Å². The molecule has 3 fully saturated rings. The summed E-state index contributed by atoms with van der Waals surface area (Å²) >= 11 is 0. The Balaban J connectivity index is 2.09. The van der Waals surface area contributed by atoms with Gasteiger partial charge in [0.25, 0.3) is 0 Å². The molecule has 3 atom stereocenters. The van der Waals surface area contributed by atoms with Crippen molar-refractivity contribution >= 4 is 0 Å². The van der Waals surface area contributed by atoms with E-state index in [9.17, 15) is 0 Å². The summed E-state index contributed by atoms with van der Waals surface area (Å²) in [5.74, 6) is 0.801. The molecule has 2 N–H and O–H groups in total. The summed E-state index contributed by atoms with van der Waals surface area (Å²) in [6, 6.07) is 1.31. The van der Waals surface area contributed by atoms with Gasteiger partial charge in [-0.2, -0.15) is 0 Å². The van der Waals surface area contributed by atoms with Crippen LogP contribution in [0.2, 0.25) is 0 Å². The smallest absolute Gasteiger partial charge is 0.0107 e. The van der Waals surface area contributed by atoms with Crippen molar-refractivity contribution in [3.8, 4) is 0 Å². The molecule has 2 saturated heterocycles. The average molecular weight is 140 g/mol. The molecule has 0 radical (unpaired) electrons. The molecule has 0 spiro atoms. The van der Waals surface area contributed by atoms with Gasteiger partial charge >= 0.3 is 0 Å². The Labute approximate surface area is 62.4 Å². The van der Waals surface area contributed by atoms with Gasteiger partial charge in [-0.15, -0.1) is 0 Å². The van der Waals surface area contributed by atoms with Crippen molar-refractivity contribution in [2.45, 2.75) is 31.3 Å². The van der Waals surface area contributed by atoms with Crippen LogP contribution in [0.3, 0.4) is 0 Å². The third-order valence-electron chi connectivity index (χ3n) is 3.17. The topological polar surface area (TPSA) is 29.3 Å². The predicted octanol–water partition coefficient (Wildman–Crippen LogP) is 0.428. The molecule has 2 bridgehead atoms. The van der Waals surface area contributed by atoms with Gasteiger partial charge in [-0.25, -0.2) is 0 Å². The van der Waals surface area contributed by atoms with Crippen LogP contribution in [-0.4, -0.2) is 30.6 Å². The van der Waals surface area contributed by atoms with Crippen LogP contribution < -0.4 is 5.73 Å². The molecule has 2 heterocycles. The van der Waals surface area contributed by atoms with Crippen molar-refractivity contribution < 1.29 is 0 Å². The summed E-state index contributed by atoms with van der Waals surface area (Å²) in [4.78, 5) is 2.47. The van der Waals surface area contributed by atoms with Crippen molar-refractivity contribution in [3.63, 3.8) is 0 Å². The standard InChI is InChI=1S/C8H16N2/c1-10-5-6-2-3-7(10)4-8(6)9/h6-8H,2-5,9H2,1H3/t6-,7-,8?/m0/s1. The number of piperidine rings is 2. The molecule has 1 unspecified atom stereocenters. The lowest BCUT2D eigenvalue weighted by atomic mass is 9.77. The number of nitrogens with two attached hydrogens (primary N) is 1. The zero-order valence-electron chi connectivity index (χ0n) is 6.59. The molecule has 0 aromatic rings.